The van der Waals surface area contributed by atoms with Crippen LogP contribution < -0.4 is 9.47 Å². The van der Waals surface area contributed by atoms with Gasteiger partial charge >= 0.3 is 12.2 Å². The summed E-state index contributed by atoms with van der Waals surface area (Å²) in [5, 5.41) is 0. The first kappa shape index (κ1) is 15.3. The van der Waals surface area contributed by atoms with Crippen molar-refractivity contribution in [1.29, 1.82) is 0 Å². The molecule has 0 unspecified atom stereocenters. The SMILES string of the molecule is CN(C)Cn1c(Br)nc2cc3c(cc21)OC(F)(F)C(F)(F)O3. The number of rotatable bonds is 2. The number of fused-ring (bicyclic) bond motifs is 2. The van der Waals surface area contributed by atoms with E-state index >= 15 is 0 Å². The number of nitrogens with zero attached hydrogens (tertiary/aromatic N) is 3. The Hall–Kier alpha value is -1.55. The fraction of sp³-hybridized carbons (Fsp3) is 0.417. The van der Waals surface area contributed by atoms with Crippen molar-refractivity contribution in [2.24, 2.45) is 0 Å². The second-order valence-corrected chi connectivity index (χ2v) is 5.76. The maximum absolute atomic E-state index is 13.2. The Kier molecular flexibility index (Phi) is 3.29. The van der Waals surface area contributed by atoms with Gasteiger partial charge in [-0.1, -0.05) is 0 Å². The molecule has 1 aliphatic heterocycles. The van der Waals surface area contributed by atoms with Crippen molar-refractivity contribution in [3.05, 3.63) is 16.9 Å². The van der Waals surface area contributed by atoms with Gasteiger partial charge < -0.3 is 14.0 Å². The van der Waals surface area contributed by atoms with E-state index in [2.05, 4.69) is 30.4 Å². The van der Waals surface area contributed by atoms with Gasteiger partial charge in [-0.05, 0) is 30.0 Å². The fourth-order valence-electron chi connectivity index (χ4n) is 2.08. The van der Waals surface area contributed by atoms with Crippen LogP contribution in [0.3, 0.4) is 0 Å². The Labute approximate surface area is 130 Å². The van der Waals surface area contributed by atoms with Gasteiger partial charge in [0, 0.05) is 12.1 Å². The minimum Gasteiger partial charge on any atom is -0.421 e. The summed E-state index contributed by atoms with van der Waals surface area (Å²) in [6.45, 7) is 0.406. The third kappa shape index (κ3) is 2.30. The first-order valence-electron chi connectivity index (χ1n) is 6.09. The quantitative estimate of drug-likeness (QED) is 0.746. The second-order valence-electron chi connectivity index (χ2n) is 5.06. The van der Waals surface area contributed by atoms with E-state index in [1.807, 2.05) is 19.0 Å². The molecule has 0 saturated carbocycles. The summed E-state index contributed by atoms with van der Waals surface area (Å²) >= 11 is 3.24. The zero-order valence-electron chi connectivity index (χ0n) is 11.4. The Morgan fingerprint density at radius 1 is 1.14 bits per heavy atom. The van der Waals surface area contributed by atoms with Crippen molar-refractivity contribution in [2.45, 2.75) is 18.9 Å². The van der Waals surface area contributed by atoms with Crippen LogP contribution in [0.15, 0.2) is 16.9 Å². The highest BCUT2D eigenvalue weighted by atomic mass is 79.9. The Balaban J connectivity index is 2.15. The lowest BCUT2D eigenvalue weighted by Crippen LogP contribution is -2.52. The molecule has 0 saturated heterocycles. The van der Waals surface area contributed by atoms with Crippen molar-refractivity contribution < 1.29 is 27.0 Å². The smallest absolute Gasteiger partial charge is 0.421 e. The molecule has 0 fully saturated rings. The van der Waals surface area contributed by atoms with E-state index in [9.17, 15) is 17.6 Å². The lowest BCUT2D eigenvalue weighted by molar-refractivity contribution is -0.391. The maximum Gasteiger partial charge on any atom is 0.507 e. The van der Waals surface area contributed by atoms with Crippen molar-refractivity contribution in [3.8, 4) is 11.5 Å². The van der Waals surface area contributed by atoms with Gasteiger partial charge in [0.25, 0.3) is 0 Å². The molecule has 22 heavy (non-hydrogen) atoms. The average Bonchev–Trinajstić information content (AvgIpc) is 2.63. The van der Waals surface area contributed by atoms with Crippen LogP contribution in [-0.2, 0) is 6.67 Å². The van der Waals surface area contributed by atoms with E-state index in [1.54, 1.807) is 4.57 Å². The minimum atomic E-state index is -4.74. The maximum atomic E-state index is 13.2. The van der Waals surface area contributed by atoms with E-state index in [0.29, 0.717) is 22.4 Å². The van der Waals surface area contributed by atoms with Crippen LogP contribution in [0.4, 0.5) is 17.6 Å². The molecule has 0 N–H and O–H groups in total. The summed E-state index contributed by atoms with van der Waals surface area (Å²) in [4.78, 5) is 5.97. The van der Waals surface area contributed by atoms with Gasteiger partial charge in [-0.25, -0.2) is 4.98 Å². The number of hydrogen-bond donors (Lipinski definition) is 0. The van der Waals surface area contributed by atoms with E-state index < -0.39 is 23.7 Å². The molecule has 10 heteroatoms. The van der Waals surface area contributed by atoms with Gasteiger partial charge in [-0.3, -0.25) is 4.90 Å². The predicted molar refractivity (Wildman–Crippen MR) is 72.3 cm³/mol. The highest BCUT2D eigenvalue weighted by Crippen LogP contribution is 2.48. The third-order valence-electron chi connectivity index (χ3n) is 3.01. The van der Waals surface area contributed by atoms with Crippen LogP contribution in [0.5, 0.6) is 11.5 Å². The number of benzene rings is 1. The molecule has 0 aliphatic carbocycles. The first-order valence-corrected chi connectivity index (χ1v) is 6.88. The van der Waals surface area contributed by atoms with Crippen LogP contribution in [-0.4, -0.2) is 40.8 Å². The van der Waals surface area contributed by atoms with Crippen LogP contribution in [0.25, 0.3) is 11.0 Å². The number of alkyl halides is 4. The molecule has 3 rings (SSSR count). The Morgan fingerprint density at radius 3 is 2.23 bits per heavy atom. The number of ether oxygens (including phenoxy) is 2. The average molecular weight is 384 g/mol. The molecule has 1 aromatic heterocycles. The van der Waals surface area contributed by atoms with Crippen molar-refractivity contribution in [3.63, 3.8) is 0 Å². The van der Waals surface area contributed by atoms with Crippen molar-refractivity contribution in [1.82, 2.24) is 14.5 Å². The van der Waals surface area contributed by atoms with E-state index in [4.69, 9.17) is 0 Å². The van der Waals surface area contributed by atoms with Crippen LogP contribution in [0.1, 0.15) is 0 Å². The van der Waals surface area contributed by atoms with Gasteiger partial charge in [0.2, 0.25) is 0 Å². The highest BCUT2D eigenvalue weighted by Gasteiger charge is 2.66. The Bertz CT molecular complexity index is 748. The fourth-order valence-corrected chi connectivity index (χ4v) is 2.57. The lowest BCUT2D eigenvalue weighted by atomic mass is 10.2. The lowest BCUT2D eigenvalue weighted by Gasteiger charge is -2.31. The summed E-state index contributed by atoms with van der Waals surface area (Å²) in [6.07, 6.45) is -9.48. The van der Waals surface area contributed by atoms with E-state index in [0.717, 1.165) is 6.07 Å². The van der Waals surface area contributed by atoms with Gasteiger partial charge in [0.15, 0.2) is 16.2 Å². The normalized spacial score (nSPS) is 18.9. The van der Waals surface area contributed by atoms with Crippen LogP contribution in [0, 0.1) is 0 Å². The number of halogens is 5. The molecule has 5 nitrogen and oxygen atoms in total. The Morgan fingerprint density at radius 2 is 1.68 bits per heavy atom. The van der Waals surface area contributed by atoms with Gasteiger partial charge in [-0.2, -0.15) is 17.6 Å². The molecular weight excluding hydrogens is 374 g/mol. The molecular formula is C12H10BrF4N3O2. The van der Waals surface area contributed by atoms with Gasteiger partial charge in [0.05, 0.1) is 17.7 Å². The largest absolute Gasteiger partial charge is 0.507 e. The second kappa shape index (κ2) is 4.72. The van der Waals surface area contributed by atoms with Crippen LogP contribution >= 0.6 is 15.9 Å². The molecule has 1 aliphatic rings. The van der Waals surface area contributed by atoms with E-state index in [-0.39, 0.29) is 0 Å². The summed E-state index contributed by atoms with van der Waals surface area (Å²) in [6, 6.07) is 2.35. The standard InChI is InChI=1S/C12H10BrF4N3O2/c1-19(2)5-20-7-4-9-8(3-6(7)18-10(20)13)21-11(14,15)12(16,17)22-9/h3-4H,5H2,1-2H3. The first-order chi connectivity index (χ1) is 10.1. The summed E-state index contributed by atoms with van der Waals surface area (Å²) in [5.41, 5.74) is 0.765. The minimum absolute atomic E-state index is 0.317. The summed E-state index contributed by atoms with van der Waals surface area (Å²) < 4.78 is 63.2. The third-order valence-corrected chi connectivity index (χ3v) is 3.61. The molecule has 0 bridgehead atoms. The summed E-state index contributed by atoms with van der Waals surface area (Å²) in [5.74, 6) is -0.943. The molecule has 0 atom stereocenters. The molecule has 0 spiro atoms. The molecule has 1 aromatic carbocycles. The zero-order valence-corrected chi connectivity index (χ0v) is 13.0. The van der Waals surface area contributed by atoms with Gasteiger partial charge in [-0.15, -0.1) is 0 Å². The highest BCUT2D eigenvalue weighted by molar-refractivity contribution is 9.10. The zero-order chi connectivity index (χ0) is 16.3. The van der Waals surface area contributed by atoms with Crippen molar-refractivity contribution in [2.75, 3.05) is 14.1 Å². The van der Waals surface area contributed by atoms with Crippen molar-refractivity contribution >= 4 is 27.0 Å². The predicted octanol–water partition coefficient (Wildman–Crippen LogP) is 3.27. The topological polar surface area (TPSA) is 39.5 Å². The number of hydrogen-bond acceptors (Lipinski definition) is 4. The number of imidazole rings is 1. The van der Waals surface area contributed by atoms with E-state index in [1.165, 1.54) is 6.07 Å². The molecule has 2 heterocycles. The number of aromatic nitrogens is 2. The van der Waals surface area contributed by atoms with Crippen LogP contribution in [0.2, 0.25) is 0 Å². The van der Waals surface area contributed by atoms with Gasteiger partial charge in [0.1, 0.15) is 0 Å². The molecule has 0 radical (unpaired) electrons. The molecule has 2 aromatic rings. The summed E-state index contributed by atoms with van der Waals surface area (Å²) in [7, 11) is 3.62. The molecule has 0 amide bonds. The molecule has 120 valence electrons. The monoisotopic (exact) mass is 383 g/mol.